The number of rotatable bonds is 6. The van der Waals surface area contributed by atoms with Gasteiger partial charge in [-0.25, -0.2) is 0 Å². The number of aliphatic hydroxyl groups is 1. The van der Waals surface area contributed by atoms with Crippen LogP contribution in [0.5, 0.6) is 0 Å². The number of hydrogen-bond acceptors (Lipinski definition) is 4. The Balaban J connectivity index is 1.28. The average molecular weight is 400 g/mol. The zero-order valence-corrected chi connectivity index (χ0v) is 17.8. The second-order valence-electron chi connectivity index (χ2n) is 9.32. The molecule has 4 rings (SSSR count). The van der Waals surface area contributed by atoms with Crippen LogP contribution in [0.3, 0.4) is 0 Å². The van der Waals surface area contributed by atoms with E-state index in [0.29, 0.717) is 13.0 Å². The van der Waals surface area contributed by atoms with Gasteiger partial charge < -0.3 is 14.9 Å². The molecule has 0 spiro atoms. The summed E-state index contributed by atoms with van der Waals surface area (Å²) in [5.74, 6) is 0.752. The number of piperazine rings is 1. The second kappa shape index (κ2) is 9.48. The monoisotopic (exact) mass is 399 g/mol. The van der Waals surface area contributed by atoms with Gasteiger partial charge in [0.1, 0.15) is 0 Å². The molecule has 1 aromatic rings. The molecule has 1 unspecified atom stereocenters. The van der Waals surface area contributed by atoms with Crippen molar-refractivity contribution in [1.82, 2.24) is 9.80 Å². The van der Waals surface area contributed by atoms with E-state index in [9.17, 15) is 9.90 Å². The molecular formula is C24H37N3O2. The molecule has 5 heteroatoms. The van der Waals surface area contributed by atoms with Crippen molar-refractivity contribution in [3.63, 3.8) is 0 Å². The topological polar surface area (TPSA) is 47.0 Å². The molecule has 3 fully saturated rings. The number of β-amino-alcohol motifs (C(OH)–C–C–N with tert-alkyl or cyclic N) is 1. The predicted molar refractivity (Wildman–Crippen MR) is 117 cm³/mol. The van der Waals surface area contributed by atoms with E-state index in [2.05, 4.69) is 34.1 Å². The fourth-order valence-corrected chi connectivity index (χ4v) is 5.41. The SMILES string of the molecule is O=C1N(CCC2CCCCC2)CCCC1(O)CN1CCN(c2ccccc2)CC1. The number of anilines is 1. The number of para-hydroxylation sites is 1. The van der Waals surface area contributed by atoms with Crippen molar-refractivity contribution in [3.8, 4) is 0 Å². The first kappa shape index (κ1) is 20.7. The highest BCUT2D eigenvalue weighted by Crippen LogP contribution is 2.29. The van der Waals surface area contributed by atoms with Crippen LogP contribution in [0.25, 0.3) is 0 Å². The highest BCUT2D eigenvalue weighted by atomic mass is 16.3. The van der Waals surface area contributed by atoms with Crippen LogP contribution in [0.2, 0.25) is 0 Å². The van der Waals surface area contributed by atoms with Gasteiger partial charge in [0, 0.05) is 51.5 Å². The Morgan fingerprint density at radius 1 is 0.931 bits per heavy atom. The maximum absolute atomic E-state index is 13.1. The Morgan fingerprint density at radius 2 is 1.66 bits per heavy atom. The smallest absolute Gasteiger partial charge is 0.255 e. The van der Waals surface area contributed by atoms with E-state index in [1.54, 1.807) is 0 Å². The quantitative estimate of drug-likeness (QED) is 0.798. The maximum Gasteiger partial charge on any atom is 0.255 e. The van der Waals surface area contributed by atoms with Gasteiger partial charge >= 0.3 is 0 Å². The minimum atomic E-state index is -1.19. The van der Waals surface area contributed by atoms with Crippen LogP contribution < -0.4 is 4.90 Å². The van der Waals surface area contributed by atoms with Gasteiger partial charge in [0.25, 0.3) is 5.91 Å². The molecule has 1 amide bonds. The summed E-state index contributed by atoms with van der Waals surface area (Å²) in [7, 11) is 0. The highest BCUT2D eigenvalue weighted by molar-refractivity contribution is 5.86. The molecule has 5 nitrogen and oxygen atoms in total. The molecule has 0 radical (unpaired) electrons. The van der Waals surface area contributed by atoms with Gasteiger partial charge in [-0.05, 0) is 37.3 Å². The fourth-order valence-electron chi connectivity index (χ4n) is 5.41. The first-order valence-corrected chi connectivity index (χ1v) is 11.7. The van der Waals surface area contributed by atoms with Crippen molar-refractivity contribution in [3.05, 3.63) is 30.3 Å². The summed E-state index contributed by atoms with van der Waals surface area (Å²) in [6.45, 7) is 5.80. The molecule has 3 aliphatic rings. The Hall–Kier alpha value is -1.59. The standard InChI is InChI=1S/C24H37N3O2/c28-23-24(29,13-7-14-27(23)15-12-21-8-3-1-4-9-21)20-25-16-18-26(19-17-25)22-10-5-2-6-11-22/h2,5-6,10-11,21,29H,1,3-4,7-9,12-20H2. The first-order valence-electron chi connectivity index (χ1n) is 11.7. The molecule has 2 aliphatic heterocycles. The molecule has 29 heavy (non-hydrogen) atoms. The van der Waals surface area contributed by atoms with Crippen LogP contribution in [0, 0.1) is 5.92 Å². The third kappa shape index (κ3) is 5.13. The lowest BCUT2D eigenvalue weighted by atomic mass is 9.86. The zero-order chi connectivity index (χ0) is 20.1. The summed E-state index contributed by atoms with van der Waals surface area (Å²) in [6, 6.07) is 10.5. The van der Waals surface area contributed by atoms with Gasteiger partial charge in [-0.15, -0.1) is 0 Å². The molecular weight excluding hydrogens is 362 g/mol. The normalized spacial score (nSPS) is 27.4. The van der Waals surface area contributed by atoms with E-state index in [1.165, 1.54) is 37.8 Å². The Kier molecular flexibility index (Phi) is 6.76. The van der Waals surface area contributed by atoms with Gasteiger partial charge in [-0.2, -0.15) is 0 Å². The van der Waals surface area contributed by atoms with E-state index < -0.39 is 5.60 Å². The maximum atomic E-state index is 13.1. The Bertz CT molecular complexity index is 653. The van der Waals surface area contributed by atoms with Gasteiger partial charge in [-0.3, -0.25) is 9.69 Å². The summed E-state index contributed by atoms with van der Waals surface area (Å²) in [5.41, 5.74) is 0.0632. The Morgan fingerprint density at radius 3 is 2.38 bits per heavy atom. The zero-order valence-electron chi connectivity index (χ0n) is 17.8. The minimum Gasteiger partial charge on any atom is -0.379 e. The number of nitrogens with zero attached hydrogens (tertiary/aromatic N) is 3. The van der Waals surface area contributed by atoms with E-state index in [1.807, 2.05) is 11.0 Å². The summed E-state index contributed by atoms with van der Waals surface area (Å²) < 4.78 is 0. The number of carbonyl (C=O) groups is 1. The molecule has 160 valence electrons. The highest BCUT2D eigenvalue weighted by Gasteiger charge is 2.43. The summed E-state index contributed by atoms with van der Waals surface area (Å²) in [5, 5.41) is 11.2. The second-order valence-corrected chi connectivity index (χ2v) is 9.32. The number of piperidine rings is 1. The lowest BCUT2D eigenvalue weighted by Gasteiger charge is -2.43. The molecule has 1 atom stereocenters. The fraction of sp³-hybridized carbons (Fsp3) is 0.708. The third-order valence-electron chi connectivity index (χ3n) is 7.21. The minimum absolute atomic E-state index is 0.0231. The van der Waals surface area contributed by atoms with E-state index in [-0.39, 0.29) is 5.91 Å². The number of amides is 1. The number of likely N-dealkylation sites (tertiary alicyclic amines) is 1. The summed E-state index contributed by atoms with van der Waals surface area (Å²) in [6.07, 6.45) is 9.32. The molecule has 1 N–H and O–H groups in total. The van der Waals surface area contributed by atoms with E-state index in [0.717, 1.165) is 58.0 Å². The molecule has 2 heterocycles. The number of carbonyl (C=O) groups excluding carboxylic acids is 1. The van der Waals surface area contributed by atoms with Crippen molar-refractivity contribution in [1.29, 1.82) is 0 Å². The van der Waals surface area contributed by atoms with Crippen LogP contribution in [0.1, 0.15) is 51.4 Å². The van der Waals surface area contributed by atoms with Crippen LogP contribution in [-0.4, -0.2) is 72.2 Å². The van der Waals surface area contributed by atoms with E-state index >= 15 is 0 Å². The average Bonchev–Trinajstić information content (AvgIpc) is 2.77. The lowest BCUT2D eigenvalue weighted by Crippen LogP contribution is -2.60. The van der Waals surface area contributed by atoms with Crippen LogP contribution in [0.4, 0.5) is 5.69 Å². The number of hydrogen-bond donors (Lipinski definition) is 1. The predicted octanol–water partition coefficient (Wildman–Crippen LogP) is 3.13. The van der Waals surface area contributed by atoms with Gasteiger partial charge in [0.15, 0.2) is 5.60 Å². The van der Waals surface area contributed by atoms with Crippen LogP contribution in [0.15, 0.2) is 30.3 Å². The van der Waals surface area contributed by atoms with Crippen molar-refractivity contribution in [2.75, 3.05) is 50.7 Å². The van der Waals surface area contributed by atoms with Gasteiger partial charge in [0.05, 0.1) is 0 Å². The van der Waals surface area contributed by atoms with Gasteiger partial charge in [0.2, 0.25) is 0 Å². The molecule has 1 saturated carbocycles. The van der Waals surface area contributed by atoms with Crippen LogP contribution >= 0.6 is 0 Å². The molecule has 1 aromatic carbocycles. The molecule has 2 saturated heterocycles. The summed E-state index contributed by atoms with van der Waals surface area (Å²) >= 11 is 0. The van der Waals surface area contributed by atoms with Crippen molar-refractivity contribution >= 4 is 11.6 Å². The third-order valence-corrected chi connectivity index (χ3v) is 7.21. The van der Waals surface area contributed by atoms with E-state index in [4.69, 9.17) is 0 Å². The van der Waals surface area contributed by atoms with Gasteiger partial charge in [-0.1, -0.05) is 50.3 Å². The Labute approximate surface area is 175 Å². The first-order chi connectivity index (χ1) is 14.1. The molecule has 1 aliphatic carbocycles. The largest absolute Gasteiger partial charge is 0.379 e. The molecule has 0 aromatic heterocycles. The van der Waals surface area contributed by atoms with Crippen LogP contribution in [-0.2, 0) is 4.79 Å². The molecule has 0 bridgehead atoms. The summed E-state index contributed by atoms with van der Waals surface area (Å²) in [4.78, 5) is 19.7. The lowest BCUT2D eigenvalue weighted by molar-refractivity contribution is -0.159. The van der Waals surface area contributed by atoms with Crippen molar-refractivity contribution in [2.45, 2.75) is 57.0 Å². The van der Waals surface area contributed by atoms with Crippen molar-refractivity contribution < 1.29 is 9.90 Å². The number of benzene rings is 1. The van der Waals surface area contributed by atoms with Crippen molar-refractivity contribution in [2.24, 2.45) is 5.92 Å².